The van der Waals surface area contributed by atoms with Crippen molar-refractivity contribution in [1.29, 1.82) is 16.2 Å². The summed E-state index contributed by atoms with van der Waals surface area (Å²) in [6, 6.07) is 5.96. The maximum atomic E-state index is 14.3. The number of piperidine rings is 1. The van der Waals surface area contributed by atoms with Gasteiger partial charge >= 0.3 is 6.09 Å². The number of hydrogen-bond acceptors (Lipinski definition) is 8. The summed E-state index contributed by atoms with van der Waals surface area (Å²) >= 11 is 0. The zero-order valence-electron chi connectivity index (χ0n) is 19.4. The Balaban J connectivity index is 0.00000199. The Labute approximate surface area is 197 Å². The Morgan fingerprint density at radius 3 is 2.62 bits per heavy atom. The first-order chi connectivity index (χ1) is 16.3. The first-order valence-corrected chi connectivity index (χ1v) is 10.7. The van der Waals surface area contributed by atoms with E-state index in [0.29, 0.717) is 37.2 Å². The Bertz CT molecular complexity index is 1050. The van der Waals surface area contributed by atoms with E-state index in [1.165, 1.54) is 25.4 Å². The van der Waals surface area contributed by atoms with Crippen LogP contribution in [0.3, 0.4) is 0 Å². The van der Waals surface area contributed by atoms with E-state index in [4.69, 9.17) is 20.4 Å². The lowest BCUT2D eigenvalue weighted by atomic mass is 10.1. The van der Waals surface area contributed by atoms with E-state index < -0.39 is 5.82 Å². The van der Waals surface area contributed by atoms with Crippen molar-refractivity contribution < 1.29 is 18.7 Å². The number of amidine groups is 1. The van der Waals surface area contributed by atoms with Gasteiger partial charge in [-0.05, 0) is 51.9 Å². The molecule has 2 heterocycles. The van der Waals surface area contributed by atoms with Gasteiger partial charge in [0, 0.05) is 24.2 Å². The van der Waals surface area contributed by atoms with Crippen LogP contribution in [0.15, 0.2) is 29.5 Å². The number of amides is 1. The van der Waals surface area contributed by atoms with Gasteiger partial charge in [-0.15, -0.1) is 5.11 Å². The molecule has 1 saturated heterocycles. The van der Waals surface area contributed by atoms with Gasteiger partial charge in [-0.2, -0.15) is 10.4 Å². The third-order valence-electron chi connectivity index (χ3n) is 5.08. The Kier molecular flexibility index (Phi) is 9.63. The topological polar surface area (TPSA) is 166 Å². The lowest BCUT2D eigenvalue weighted by molar-refractivity contribution is 0.0652. The van der Waals surface area contributed by atoms with Crippen molar-refractivity contribution in [3.8, 4) is 11.8 Å². The van der Waals surface area contributed by atoms with Crippen molar-refractivity contribution in [3.05, 3.63) is 47.0 Å². The second-order valence-corrected chi connectivity index (χ2v) is 7.62. The van der Waals surface area contributed by atoms with Crippen LogP contribution in [0.5, 0.6) is 5.75 Å². The summed E-state index contributed by atoms with van der Waals surface area (Å²) in [5.41, 5.74) is 12.4. The van der Waals surface area contributed by atoms with Gasteiger partial charge in [0.25, 0.3) is 0 Å². The van der Waals surface area contributed by atoms with Crippen molar-refractivity contribution in [2.24, 2.45) is 10.8 Å². The Hall–Kier alpha value is -3.85. The second kappa shape index (κ2) is 12.4. The summed E-state index contributed by atoms with van der Waals surface area (Å²) in [6.07, 6.45) is 2.27. The van der Waals surface area contributed by atoms with E-state index in [9.17, 15) is 14.4 Å². The lowest BCUT2D eigenvalue weighted by Gasteiger charge is -2.32. The number of carbonyl (C=O) groups excluding carboxylic acids is 1. The summed E-state index contributed by atoms with van der Waals surface area (Å²) in [4.78, 5) is 13.7. The van der Waals surface area contributed by atoms with Crippen molar-refractivity contribution >= 4 is 11.9 Å². The van der Waals surface area contributed by atoms with Crippen LogP contribution in [0.1, 0.15) is 49.6 Å². The summed E-state index contributed by atoms with van der Waals surface area (Å²) in [7, 11) is 1.50. The van der Waals surface area contributed by atoms with Gasteiger partial charge in [0.15, 0.2) is 17.4 Å². The lowest BCUT2D eigenvalue weighted by Crippen LogP contribution is -2.40. The van der Waals surface area contributed by atoms with Gasteiger partial charge < -0.3 is 20.1 Å². The second-order valence-electron chi connectivity index (χ2n) is 7.62. The summed E-state index contributed by atoms with van der Waals surface area (Å²) < 4.78 is 26.6. The molecule has 0 unspecified atom stereocenters. The molecule has 34 heavy (non-hydrogen) atoms. The summed E-state index contributed by atoms with van der Waals surface area (Å²) in [5.74, 6) is -1.09. The molecular formula is C22H29FN8O3. The molecular weight excluding hydrogens is 443 g/mol. The zero-order valence-corrected chi connectivity index (χ0v) is 19.4. The van der Waals surface area contributed by atoms with E-state index >= 15 is 0 Å². The van der Waals surface area contributed by atoms with Gasteiger partial charge in [-0.3, -0.25) is 10.1 Å². The molecule has 4 N–H and O–H groups in total. The van der Waals surface area contributed by atoms with Crippen molar-refractivity contribution in [3.63, 3.8) is 0 Å². The molecule has 0 aliphatic carbocycles. The van der Waals surface area contributed by atoms with Crippen LogP contribution >= 0.6 is 0 Å². The van der Waals surface area contributed by atoms with Crippen LogP contribution < -0.4 is 10.5 Å². The monoisotopic (exact) mass is 472 g/mol. The van der Waals surface area contributed by atoms with Crippen molar-refractivity contribution in [2.75, 3.05) is 20.1 Å². The molecule has 0 saturated carbocycles. The van der Waals surface area contributed by atoms with Crippen LogP contribution in [0.25, 0.3) is 0 Å². The Morgan fingerprint density at radius 2 is 2.06 bits per heavy atom. The molecule has 0 atom stereocenters. The molecule has 1 amide bonds. The highest BCUT2D eigenvalue weighted by Gasteiger charge is 2.28. The number of hydrogen-bond donors (Lipinski definition) is 3. The largest absolute Gasteiger partial charge is 0.486 e. The van der Waals surface area contributed by atoms with Crippen molar-refractivity contribution in [2.45, 2.75) is 45.4 Å². The zero-order chi connectivity index (χ0) is 25.3. The fraction of sp³-hybridized carbons (Fsp3) is 0.455. The number of halogens is 1. The van der Waals surface area contributed by atoms with Gasteiger partial charge in [0.05, 0.1) is 18.3 Å². The van der Waals surface area contributed by atoms with Crippen molar-refractivity contribution in [1.82, 2.24) is 14.7 Å². The van der Waals surface area contributed by atoms with Crippen LogP contribution in [0.4, 0.5) is 9.18 Å². The van der Waals surface area contributed by atoms with Gasteiger partial charge in [0.1, 0.15) is 18.4 Å². The van der Waals surface area contributed by atoms with E-state index in [2.05, 4.69) is 22.0 Å². The van der Waals surface area contributed by atoms with Gasteiger partial charge in [0.2, 0.25) is 0 Å². The number of rotatable bonds is 6. The number of nitrogens with zero attached hydrogens (tertiary/aromatic N) is 5. The maximum absolute atomic E-state index is 14.3. The molecule has 1 aliphatic rings. The quantitative estimate of drug-likeness (QED) is 0.330. The van der Waals surface area contributed by atoms with Crippen LogP contribution in [0.2, 0.25) is 0 Å². The molecule has 0 radical (unpaired) electrons. The highest BCUT2D eigenvalue weighted by Crippen LogP contribution is 2.26. The molecule has 0 bridgehead atoms. The molecule has 11 nitrogen and oxygen atoms in total. The first-order valence-electron chi connectivity index (χ1n) is 10.7. The molecule has 12 heteroatoms. The predicted molar refractivity (Wildman–Crippen MR) is 121 cm³/mol. The summed E-state index contributed by atoms with van der Waals surface area (Å²) in [6.45, 7) is 4.55. The minimum atomic E-state index is -0.692. The molecule has 1 aromatic carbocycles. The number of nitriles is 1. The molecule has 3 rings (SSSR count). The van der Waals surface area contributed by atoms with E-state index in [-0.39, 0.29) is 42.0 Å². The normalized spacial score (nSPS) is 13.5. The van der Waals surface area contributed by atoms with Crippen LogP contribution in [-0.4, -0.2) is 52.9 Å². The fourth-order valence-electron chi connectivity index (χ4n) is 3.46. The van der Waals surface area contributed by atoms with Gasteiger partial charge in [-0.25, -0.2) is 14.7 Å². The number of ether oxygens (including phenoxy) is 2. The molecule has 2 aromatic rings. The summed E-state index contributed by atoms with van der Waals surface area (Å²) in [5, 5.41) is 24.4. The average Bonchev–Trinajstić information content (AvgIpc) is 3.26. The van der Waals surface area contributed by atoms with E-state index in [0.717, 1.165) is 6.07 Å². The fourth-order valence-corrected chi connectivity index (χ4v) is 3.46. The number of carbonyl (C=O) groups is 1. The molecule has 1 aliphatic heterocycles. The minimum absolute atomic E-state index is 0.0415. The highest BCUT2D eigenvalue weighted by molar-refractivity contribution is 5.96. The number of nitrogens with two attached hydrogens (primary N) is 1. The number of nitrogens with one attached hydrogen (secondary N) is 2. The smallest absolute Gasteiger partial charge is 0.410 e. The first kappa shape index (κ1) is 26.4. The number of benzene rings is 1. The molecule has 1 fully saturated rings. The van der Waals surface area contributed by atoms with E-state index in [1.54, 1.807) is 23.4 Å². The minimum Gasteiger partial charge on any atom is -0.486 e. The third-order valence-corrected chi connectivity index (χ3v) is 5.08. The highest BCUT2D eigenvalue weighted by atomic mass is 19.1. The number of likely N-dealkylation sites (tertiary alicyclic amines) is 1. The molecule has 1 aromatic heterocycles. The van der Waals surface area contributed by atoms with E-state index in [1.807, 2.05) is 0 Å². The average molecular weight is 473 g/mol. The SMILES string of the molecule is CC(C)OC(=O)N1CCC(n2ncc(COc3ccc(C(=N)N=N)cc3F)c2C#N)CC1.CN. The van der Waals surface area contributed by atoms with Gasteiger partial charge in [-0.1, -0.05) is 0 Å². The molecule has 0 spiro atoms. The predicted octanol–water partition coefficient (Wildman–Crippen LogP) is 3.59. The number of aromatic nitrogens is 2. The maximum Gasteiger partial charge on any atom is 0.410 e. The third kappa shape index (κ3) is 6.35. The standard InChI is InChI=1S/C21H24FN7O3.CH5N/c1-13(2)32-21(30)28-7-5-16(6-8-28)29-18(10-23)15(11-26-29)12-31-19-4-3-14(9-17(19)22)20(24)27-25;1-2/h3-4,9,11,13,16,24-25H,5-8,12H2,1-2H3;2H2,1H3. The Morgan fingerprint density at radius 1 is 1.38 bits per heavy atom. The van der Waals surface area contributed by atoms with Crippen LogP contribution in [0, 0.1) is 28.1 Å². The van der Waals surface area contributed by atoms with Crippen LogP contribution in [-0.2, 0) is 11.3 Å². The molecule has 182 valence electrons.